The van der Waals surface area contributed by atoms with Crippen LogP contribution in [0.4, 0.5) is 0 Å². The molecule has 17 heavy (non-hydrogen) atoms. The Morgan fingerprint density at radius 2 is 2.24 bits per heavy atom. The van der Waals surface area contributed by atoms with Crippen LogP contribution < -0.4 is 10.1 Å². The predicted molar refractivity (Wildman–Crippen MR) is 65.2 cm³/mol. The van der Waals surface area contributed by atoms with Crippen LogP contribution in [0.1, 0.15) is 18.4 Å². The van der Waals surface area contributed by atoms with Gasteiger partial charge in [-0.3, -0.25) is 4.79 Å². The molecule has 2 heterocycles. The molecule has 0 aromatic heterocycles. The molecule has 3 nitrogen and oxygen atoms in total. The topological polar surface area (TPSA) is 38.3 Å². The minimum absolute atomic E-state index is 0.142. The van der Waals surface area contributed by atoms with Gasteiger partial charge in [-0.15, -0.1) is 0 Å². The zero-order chi connectivity index (χ0) is 11.7. The fourth-order valence-corrected chi connectivity index (χ4v) is 2.72. The van der Waals surface area contributed by atoms with Crippen molar-refractivity contribution in [2.75, 3.05) is 13.1 Å². The minimum Gasteiger partial charge on any atom is -0.490 e. The van der Waals surface area contributed by atoms with Gasteiger partial charge in [-0.25, -0.2) is 0 Å². The van der Waals surface area contributed by atoms with Crippen LogP contribution in [0.3, 0.4) is 0 Å². The van der Waals surface area contributed by atoms with E-state index in [1.165, 1.54) is 5.56 Å². The van der Waals surface area contributed by atoms with Crippen LogP contribution in [0.2, 0.25) is 0 Å². The maximum Gasteiger partial charge on any atom is 0.138 e. The highest BCUT2D eigenvalue weighted by Gasteiger charge is 2.29. The Hall–Kier alpha value is -1.35. The summed E-state index contributed by atoms with van der Waals surface area (Å²) in [6.45, 7) is 1.65. The molecular formula is C14H17NO2. The first-order chi connectivity index (χ1) is 8.33. The van der Waals surface area contributed by atoms with Crippen molar-refractivity contribution < 1.29 is 9.53 Å². The number of fused-ring (bicyclic) bond motifs is 1. The van der Waals surface area contributed by atoms with E-state index in [-0.39, 0.29) is 12.0 Å². The van der Waals surface area contributed by atoms with E-state index in [2.05, 4.69) is 11.4 Å². The molecule has 1 N–H and O–H groups in total. The van der Waals surface area contributed by atoms with E-state index in [0.717, 1.165) is 31.7 Å². The average molecular weight is 231 g/mol. The average Bonchev–Trinajstić information content (AvgIpc) is 2.74. The molecule has 3 rings (SSSR count). The van der Waals surface area contributed by atoms with Crippen molar-refractivity contribution in [1.82, 2.24) is 5.32 Å². The van der Waals surface area contributed by atoms with Gasteiger partial charge in [0, 0.05) is 31.8 Å². The third-order valence-corrected chi connectivity index (χ3v) is 3.66. The first kappa shape index (κ1) is 10.8. The van der Waals surface area contributed by atoms with E-state index in [1.54, 1.807) is 0 Å². The molecule has 1 fully saturated rings. The molecule has 1 aromatic carbocycles. The number of carbonyl (C=O) groups is 1. The minimum atomic E-state index is 0.142. The quantitative estimate of drug-likeness (QED) is 0.839. The molecule has 0 saturated carbocycles. The number of hydrogen-bond donors (Lipinski definition) is 1. The summed E-state index contributed by atoms with van der Waals surface area (Å²) < 4.78 is 5.88. The van der Waals surface area contributed by atoms with Gasteiger partial charge in [0.05, 0.1) is 0 Å². The Labute approximate surface area is 101 Å². The molecule has 2 aliphatic heterocycles. The van der Waals surface area contributed by atoms with E-state index in [4.69, 9.17) is 4.74 Å². The maximum absolute atomic E-state index is 11.8. The number of piperidine rings is 1. The van der Waals surface area contributed by atoms with Crippen molar-refractivity contribution in [2.45, 2.75) is 25.4 Å². The lowest BCUT2D eigenvalue weighted by molar-refractivity contribution is -0.124. The third-order valence-electron chi connectivity index (χ3n) is 3.66. The van der Waals surface area contributed by atoms with Gasteiger partial charge in [0.1, 0.15) is 17.6 Å². The van der Waals surface area contributed by atoms with Crippen molar-refractivity contribution in [1.29, 1.82) is 0 Å². The highest BCUT2D eigenvalue weighted by Crippen LogP contribution is 2.31. The first-order valence-corrected chi connectivity index (χ1v) is 6.31. The monoisotopic (exact) mass is 231 g/mol. The summed E-state index contributed by atoms with van der Waals surface area (Å²) >= 11 is 0. The lowest BCUT2D eigenvalue weighted by atomic mass is 9.91. The number of ketones is 1. The largest absolute Gasteiger partial charge is 0.490 e. The Kier molecular flexibility index (Phi) is 2.85. The Bertz CT molecular complexity index is 405. The SMILES string of the molecule is O=C1CCNCC1CC1Cc2ccccc2O1. The fraction of sp³-hybridized carbons (Fsp3) is 0.500. The van der Waals surface area contributed by atoms with Crippen molar-refractivity contribution in [3.63, 3.8) is 0 Å². The normalized spacial score (nSPS) is 27.6. The Balaban J connectivity index is 1.63. The highest BCUT2D eigenvalue weighted by molar-refractivity contribution is 5.82. The zero-order valence-corrected chi connectivity index (χ0v) is 9.82. The second-order valence-corrected chi connectivity index (χ2v) is 4.90. The van der Waals surface area contributed by atoms with Gasteiger partial charge in [0.25, 0.3) is 0 Å². The predicted octanol–water partition coefficient (Wildman–Crippen LogP) is 1.56. The summed E-state index contributed by atoms with van der Waals surface area (Å²) in [6, 6.07) is 8.15. The maximum atomic E-state index is 11.8. The van der Waals surface area contributed by atoms with E-state index in [9.17, 15) is 4.79 Å². The molecule has 1 aromatic rings. The van der Waals surface area contributed by atoms with E-state index >= 15 is 0 Å². The molecule has 3 heteroatoms. The van der Waals surface area contributed by atoms with Crippen LogP contribution in [0.5, 0.6) is 5.75 Å². The fourth-order valence-electron chi connectivity index (χ4n) is 2.72. The lowest BCUT2D eigenvalue weighted by Gasteiger charge is -2.23. The van der Waals surface area contributed by atoms with Crippen molar-refractivity contribution in [3.8, 4) is 5.75 Å². The Morgan fingerprint density at radius 3 is 3.06 bits per heavy atom. The second-order valence-electron chi connectivity index (χ2n) is 4.90. The highest BCUT2D eigenvalue weighted by atomic mass is 16.5. The molecule has 2 atom stereocenters. The van der Waals surface area contributed by atoms with Gasteiger partial charge < -0.3 is 10.1 Å². The molecule has 0 bridgehead atoms. The summed E-state index contributed by atoms with van der Waals surface area (Å²) in [5.41, 5.74) is 1.27. The summed E-state index contributed by atoms with van der Waals surface area (Å²) in [4.78, 5) is 11.8. The molecule has 0 radical (unpaired) electrons. The molecule has 0 aliphatic carbocycles. The number of nitrogens with one attached hydrogen (secondary N) is 1. The van der Waals surface area contributed by atoms with Crippen LogP contribution in [0, 0.1) is 5.92 Å². The first-order valence-electron chi connectivity index (χ1n) is 6.31. The summed E-state index contributed by atoms with van der Waals surface area (Å²) in [5, 5.41) is 3.28. The number of hydrogen-bond acceptors (Lipinski definition) is 3. The van der Waals surface area contributed by atoms with Gasteiger partial charge in [-0.1, -0.05) is 18.2 Å². The van der Waals surface area contributed by atoms with Gasteiger partial charge in [-0.2, -0.15) is 0 Å². The van der Waals surface area contributed by atoms with Crippen LogP contribution in [0.25, 0.3) is 0 Å². The van der Waals surface area contributed by atoms with Crippen molar-refractivity contribution >= 4 is 5.78 Å². The van der Waals surface area contributed by atoms with Crippen LogP contribution in [0.15, 0.2) is 24.3 Å². The number of Topliss-reactive ketones (excluding diaryl/α,β-unsaturated/α-hetero) is 1. The lowest BCUT2D eigenvalue weighted by Crippen LogP contribution is -2.39. The van der Waals surface area contributed by atoms with Crippen molar-refractivity contribution in [2.24, 2.45) is 5.92 Å². The van der Waals surface area contributed by atoms with E-state index < -0.39 is 0 Å². The molecular weight excluding hydrogens is 214 g/mol. The van der Waals surface area contributed by atoms with E-state index in [1.807, 2.05) is 18.2 Å². The summed E-state index contributed by atoms with van der Waals surface area (Å²) in [5.74, 6) is 1.53. The van der Waals surface area contributed by atoms with Crippen LogP contribution in [-0.4, -0.2) is 25.0 Å². The molecule has 0 spiro atoms. The summed E-state index contributed by atoms with van der Waals surface area (Å²) in [6.07, 6.45) is 2.64. The number of benzene rings is 1. The van der Waals surface area contributed by atoms with Gasteiger partial charge >= 0.3 is 0 Å². The number of para-hydroxylation sites is 1. The number of rotatable bonds is 2. The van der Waals surface area contributed by atoms with E-state index in [0.29, 0.717) is 12.2 Å². The standard InChI is InChI=1S/C14H17NO2/c16-13-5-6-15-9-11(13)8-12-7-10-3-1-2-4-14(10)17-12/h1-4,11-12,15H,5-9H2. The molecule has 2 unspecified atom stereocenters. The smallest absolute Gasteiger partial charge is 0.138 e. The Morgan fingerprint density at radius 1 is 1.35 bits per heavy atom. The molecule has 1 saturated heterocycles. The summed E-state index contributed by atoms with van der Waals surface area (Å²) in [7, 11) is 0. The molecule has 2 aliphatic rings. The number of carbonyl (C=O) groups excluding carboxylic acids is 1. The van der Waals surface area contributed by atoms with Gasteiger partial charge in [0.15, 0.2) is 0 Å². The van der Waals surface area contributed by atoms with Gasteiger partial charge in [0.2, 0.25) is 0 Å². The zero-order valence-electron chi connectivity index (χ0n) is 9.82. The van der Waals surface area contributed by atoms with Gasteiger partial charge in [-0.05, 0) is 18.1 Å². The van der Waals surface area contributed by atoms with Crippen LogP contribution >= 0.6 is 0 Å². The molecule has 90 valence electrons. The van der Waals surface area contributed by atoms with Crippen molar-refractivity contribution in [3.05, 3.63) is 29.8 Å². The number of ether oxygens (including phenoxy) is 1. The second kappa shape index (κ2) is 4.49. The van der Waals surface area contributed by atoms with Crippen LogP contribution in [-0.2, 0) is 11.2 Å². The third kappa shape index (κ3) is 2.20. The molecule has 0 amide bonds.